The van der Waals surface area contributed by atoms with Gasteiger partial charge >= 0.3 is 0 Å². The lowest BCUT2D eigenvalue weighted by atomic mass is 10.2. The van der Waals surface area contributed by atoms with Crippen LogP contribution in [-0.2, 0) is 0 Å². The van der Waals surface area contributed by atoms with Crippen LogP contribution >= 0.6 is 11.6 Å². The van der Waals surface area contributed by atoms with Crippen LogP contribution in [0.5, 0.6) is 11.5 Å². The molecule has 0 amide bonds. The Morgan fingerprint density at radius 1 is 1.38 bits per heavy atom. The molecule has 0 aromatic heterocycles. The summed E-state index contributed by atoms with van der Waals surface area (Å²) < 4.78 is 10.6. The highest BCUT2D eigenvalue weighted by Crippen LogP contribution is 2.22. The molecule has 1 aromatic rings. The lowest BCUT2D eigenvalue weighted by molar-refractivity contribution is 0.271. The van der Waals surface area contributed by atoms with E-state index in [1.165, 1.54) is 0 Å². The molecule has 0 heterocycles. The van der Waals surface area contributed by atoms with Crippen LogP contribution in [-0.4, -0.2) is 19.6 Å². The fourth-order valence-corrected chi connectivity index (χ4v) is 1.21. The van der Waals surface area contributed by atoms with Gasteiger partial charge in [0.05, 0.1) is 25.3 Å². The lowest BCUT2D eigenvalue weighted by Gasteiger charge is -2.11. The number of nitrogens with zero attached hydrogens (tertiary/aromatic N) is 1. The highest BCUT2D eigenvalue weighted by atomic mass is 35.5. The molecular formula is C12H14ClNO2. The van der Waals surface area contributed by atoms with Crippen LogP contribution in [0, 0.1) is 17.2 Å². The number of hydrogen-bond donors (Lipinski definition) is 0. The highest BCUT2D eigenvalue weighted by molar-refractivity contribution is 6.18. The third kappa shape index (κ3) is 3.63. The smallest absolute Gasteiger partial charge is 0.124 e. The Morgan fingerprint density at radius 2 is 2.06 bits per heavy atom. The van der Waals surface area contributed by atoms with Gasteiger partial charge in [-0.3, -0.25) is 0 Å². The van der Waals surface area contributed by atoms with E-state index in [1.54, 1.807) is 25.3 Å². The van der Waals surface area contributed by atoms with Gasteiger partial charge in [0.25, 0.3) is 0 Å². The predicted molar refractivity (Wildman–Crippen MR) is 63.1 cm³/mol. The van der Waals surface area contributed by atoms with Gasteiger partial charge < -0.3 is 9.47 Å². The number of ether oxygens (including phenoxy) is 2. The van der Waals surface area contributed by atoms with Gasteiger partial charge in [-0.2, -0.15) is 5.26 Å². The average molecular weight is 240 g/mol. The first-order chi connectivity index (χ1) is 7.69. The molecule has 4 heteroatoms. The number of hydrogen-bond acceptors (Lipinski definition) is 3. The summed E-state index contributed by atoms with van der Waals surface area (Å²) in [6.07, 6.45) is 0. The van der Waals surface area contributed by atoms with Crippen LogP contribution in [0.2, 0.25) is 0 Å². The first-order valence-electron chi connectivity index (χ1n) is 4.97. The molecule has 1 atom stereocenters. The van der Waals surface area contributed by atoms with Crippen molar-refractivity contribution in [2.45, 2.75) is 6.92 Å². The first kappa shape index (κ1) is 12.7. The Kier molecular flexibility index (Phi) is 4.94. The third-order valence-corrected chi connectivity index (χ3v) is 2.57. The fourth-order valence-electron chi connectivity index (χ4n) is 1.12. The summed E-state index contributed by atoms with van der Waals surface area (Å²) in [6, 6.07) is 7.16. The summed E-state index contributed by atoms with van der Waals surface area (Å²) in [5, 5.41) is 8.82. The number of rotatable bonds is 5. The number of alkyl halides is 1. The molecule has 86 valence electrons. The second kappa shape index (κ2) is 6.24. The van der Waals surface area contributed by atoms with E-state index in [0.29, 0.717) is 29.5 Å². The molecule has 0 saturated heterocycles. The Balaban J connectivity index is 2.76. The van der Waals surface area contributed by atoms with Crippen molar-refractivity contribution < 1.29 is 9.47 Å². The quantitative estimate of drug-likeness (QED) is 0.742. The van der Waals surface area contributed by atoms with E-state index >= 15 is 0 Å². The van der Waals surface area contributed by atoms with E-state index in [2.05, 4.69) is 6.07 Å². The van der Waals surface area contributed by atoms with Crippen LogP contribution in [0.1, 0.15) is 12.5 Å². The Hall–Kier alpha value is -1.40. The summed E-state index contributed by atoms with van der Waals surface area (Å²) in [4.78, 5) is 0. The van der Waals surface area contributed by atoms with Crippen molar-refractivity contribution in [2.24, 2.45) is 5.92 Å². The number of nitriles is 1. The average Bonchev–Trinajstić information content (AvgIpc) is 2.35. The maximum absolute atomic E-state index is 8.82. The summed E-state index contributed by atoms with van der Waals surface area (Å²) >= 11 is 5.68. The van der Waals surface area contributed by atoms with E-state index in [9.17, 15) is 0 Å². The summed E-state index contributed by atoms with van der Waals surface area (Å²) in [6.45, 7) is 2.53. The van der Waals surface area contributed by atoms with Crippen molar-refractivity contribution >= 4 is 11.6 Å². The maximum Gasteiger partial charge on any atom is 0.124 e. The summed E-state index contributed by atoms with van der Waals surface area (Å²) in [5.41, 5.74) is 0.521. The SMILES string of the molecule is COc1cc(C#N)cc(OCC(C)CCl)c1. The molecule has 0 aliphatic rings. The van der Waals surface area contributed by atoms with Crippen molar-refractivity contribution in [2.75, 3.05) is 19.6 Å². The molecule has 0 aliphatic heterocycles. The Bertz CT molecular complexity index is 387. The molecule has 0 fully saturated rings. The topological polar surface area (TPSA) is 42.2 Å². The van der Waals surface area contributed by atoms with E-state index in [-0.39, 0.29) is 5.92 Å². The molecule has 0 saturated carbocycles. The van der Waals surface area contributed by atoms with E-state index in [1.807, 2.05) is 6.92 Å². The van der Waals surface area contributed by atoms with Crippen molar-refractivity contribution in [3.63, 3.8) is 0 Å². The Labute approximate surface area is 101 Å². The van der Waals surface area contributed by atoms with E-state index in [0.717, 1.165) is 0 Å². The number of benzene rings is 1. The summed E-state index contributed by atoms with van der Waals surface area (Å²) in [5.74, 6) is 2.08. The van der Waals surface area contributed by atoms with Crippen LogP contribution in [0.4, 0.5) is 0 Å². The molecule has 1 rings (SSSR count). The molecule has 0 aliphatic carbocycles. The van der Waals surface area contributed by atoms with E-state index < -0.39 is 0 Å². The van der Waals surface area contributed by atoms with Crippen molar-refractivity contribution in [3.05, 3.63) is 23.8 Å². The van der Waals surface area contributed by atoms with Gasteiger partial charge in [-0.05, 0) is 12.1 Å². The predicted octanol–water partition coefficient (Wildman–Crippen LogP) is 2.82. The molecule has 3 nitrogen and oxygen atoms in total. The first-order valence-corrected chi connectivity index (χ1v) is 5.51. The van der Waals surface area contributed by atoms with Crippen LogP contribution in [0.3, 0.4) is 0 Å². The molecular weight excluding hydrogens is 226 g/mol. The normalized spacial score (nSPS) is 11.6. The summed E-state index contributed by atoms with van der Waals surface area (Å²) in [7, 11) is 1.56. The van der Waals surface area contributed by atoms with Crippen molar-refractivity contribution in [1.29, 1.82) is 5.26 Å². The lowest BCUT2D eigenvalue weighted by Crippen LogP contribution is -2.09. The molecule has 0 spiro atoms. The standard InChI is InChI=1S/C12H14ClNO2/c1-9(6-13)8-16-12-4-10(7-14)3-11(5-12)15-2/h3-5,9H,6,8H2,1-2H3. The highest BCUT2D eigenvalue weighted by Gasteiger charge is 2.04. The molecule has 16 heavy (non-hydrogen) atoms. The largest absolute Gasteiger partial charge is 0.497 e. The fraction of sp³-hybridized carbons (Fsp3) is 0.417. The molecule has 1 aromatic carbocycles. The van der Waals surface area contributed by atoms with Gasteiger partial charge in [-0.1, -0.05) is 6.92 Å². The van der Waals surface area contributed by atoms with Crippen molar-refractivity contribution in [3.8, 4) is 17.6 Å². The minimum Gasteiger partial charge on any atom is -0.497 e. The zero-order valence-electron chi connectivity index (χ0n) is 9.37. The number of halogens is 1. The van der Waals surface area contributed by atoms with Gasteiger partial charge in [0, 0.05) is 17.9 Å². The van der Waals surface area contributed by atoms with Gasteiger partial charge in [-0.25, -0.2) is 0 Å². The maximum atomic E-state index is 8.82. The molecule has 1 unspecified atom stereocenters. The van der Waals surface area contributed by atoms with Gasteiger partial charge in [0.1, 0.15) is 11.5 Å². The zero-order valence-corrected chi connectivity index (χ0v) is 10.1. The molecule has 0 N–H and O–H groups in total. The Morgan fingerprint density at radius 3 is 2.62 bits per heavy atom. The zero-order chi connectivity index (χ0) is 12.0. The van der Waals surface area contributed by atoms with E-state index in [4.69, 9.17) is 26.3 Å². The van der Waals surface area contributed by atoms with Crippen LogP contribution in [0.25, 0.3) is 0 Å². The van der Waals surface area contributed by atoms with Gasteiger partial charge in [0.15, 0.2) is 0 Å². The third-order valence-electron chi connectivity index (χ3n) is 2.04. The van der Waals surface area contributed by atoms with Crippen molar-refractivity contribution in [1.82, 2.24) is 0 Å². The minimum atomic E-state index is 0.276. The van der Waals surface area contributed by atoms with Gasteiger partial charge in [0.2, 0.25) is 0 Å². The monoisotopic (exact) mass is 239 g/mol. The van der Waals surface area contributed by atoms with Gasteiger partial charge in [-0.15, -0.1) is 11.6 Å². The second-order valence-corrected chi connectivity index (χ2v) is 3.89. The molecule has 0 radical (unpaired) electrons. The molecule has 0 bridgehead atoms. The second-order valence-electron chi connectivity index (χ2n) is 3.58. The minimum absolute atomic E-state index is 0.276. The van der Waals surface area contributed by atoms with Crippen LogP contribution in [0.15, 0.2) is 18.2 Å². The number of methoxy groups -OCH3 is 1. The van der Waals surface area contributed by atoms with Crippen LogP contribution < -0.4 is 9.47 Å².